The van der Waals surface area contributed by atoms with Gasteiger partial charge in [0.05, 0.1) is 0 Å². The van der Waals surface area contributed by atoms with Crippen LogP contribution in [0, 0.1) is 6.92 Å². The number of hydrogen-bond acceptors (Lipinski definition) is 5. The second-order valence-corrected chi connectivity index (χ2v) is 8.33. The highest BCUT2D eigenvalue weighted by molar-refractivity contribution is 7.86. The van der Waals surface area contributed by atoms with E-state index in [0.717, 1.165) is 24.3 Å². The van der Waals surface area contributed by atoms with Gasteiger partial charge in [0.25, 0.3) is 0 Å². The number of piperazine rings is 1. The van der Waals surface area contributed by atoms with Gasteiger partial charge in [-0.2, -0.15) is 8.42 Å². The molecule has 7 heteroatoms. The molecule has 27 heavy (non-hydrogen) atoms. The zero-order chi connectivity index (χ0) is 19.4. The van der Waals surface area contributed by atoms with E-state index in [1.807, 2.05) is 42.2 Å². The average Bonchev–Trinajstić information content (AvgIpc) is 2.61. The van der Waals surface area contributed by atoms with Crippen molar-refractivity contribution in [3.05, 3.63) is 59.7 Å². The first-order valence-corrected chi connectivity index (χ1v) is 10.5. The Labute approximate surface area is 160 Å². The fourth-order valence-corrected chi connectivity index (χ4v) is 4.23. The molecule has 0 aromatic heterocycles. The monoisotopic (exact) mass is 388 g/mol. The topological polar surface area (TPSA) is 66.9 Å². The second kappa shape index (κ2) is 8.00. The third-order valence-electron chi connectivity index (χ3n) is 4.58. The number of anilines is 1. The van der Waals surface area contributed by atoms with Crippen LogP contribution in [0.4, 0.5) is 5.69 Å². The van der Waals surface area contributed by atoms with Crippen LogP contribution in [0.1, 0.15) is 18.1 Å². The van der Waals surface area contributed by atoms with Crippen molar-refractivity contribution < 1.29 is 17.4 Å². The molecule has 2 aromatic carbocycles. The molecular weight excluding hydrogens is 364 g/mol. The van der Waals surface area contributed by atoms with Crippen LogP contribution in [0.3, 0.4) is 0 Å². The summed E-state index contributed by atoms with van der Waals surface area (Å²) in [5, 5.41) is 0. The van der Waals surface area contributed by atoms with Crippen LogP contribution in [0.15, 0.2) is 48.5 Å². The van der Waals surface area contributed by atoms with E-state index in [-0.39, 0.29) is 11.7 Å². The molecule has 1 heterocycles. The molecule has 2 aromatic rings. The summed E-state index contributed by atoms with van der Waals surface area (Å²) in [6, 6.07) is 14.4. The van der Waals surface area contributed by atoms with Crippen LogP contribution in [-0.2, 0) is 20.7 Å². The van der Waals surface area contributed by atoms with Crippen LogP contribution in [-0.4, -0.2) is 45.4 Å². The van der Waals surface area contributed by atoms with Crippen LogP contribution in [0.5, 0.6) is 5.75 Å². The van der Waals surface area contributed by atoms with Crippen molar-refractivity contribution in [3.63, 3.8) is 0 Å². The van der Waals surface area contributed by atoms with Gasteiger partial charge in [0, 0.05) is 38.8 Å². The van der Waals surface area contributed by atoms with Crippen molar-refractivity contribution >= 4 is 21.7 Å². The third kappa shape index (κ3) is 5.23. The summed E-state index contributed by atoms with van der Waals surface area (Å²) in [6.07, 6.45) is 0. The lowest BCUT2D eigenvalue weighted by Crippen LogP contribution is -2.48. The Bertz CT molecular complexity index is 902. The number of carbonyl (C=O) groups is 1. The molecular formula is C20H24N2O4S. The number of hydrogen-bond donors (Lipinski definition) is 0. The Balaban J connectivity index is 1.61. The summed E-state index contributed by atoms with van der Waals surface area (Å²) in [7, 11) is -3.72. The molecule has 1 saturated heterocycles. The largest absolute Gasteiger partial charge is 0.382 e. The molecule has 0 atom stereocenters. The quantitative estimate of drug-likeness (QED) is 0.737. The Morgan fingerprint density at radius 2 is 1.70 bits per heavy atom. The van der Waals surface area contributed by atoms with Crippen molar-refractivity contribution in [2.24, 2.45) is 0 Å². The molecule has 0 spiro atoms. The van der Waals surface area contributed by atoms with E-state index in [1.54, 1.807) is 25.1 Å². The fourth-order valence-electron chi connectivity index (χ4n) is 3.17. The Morgan fingerprint density at radius 3 is 2.30 bits per heavy atom. The van der Waals surface area contributed by atoms with E-state index < -0.39 is 10.1 Å². The molecule has 0 aliphatic carbocycles. The SMILES string of the molecule is CC(=O)N1CCN(c2ccc(OS(=O)(=O)Cc3cccc(C)c3)cc2)CC1. The van der Waals surface area contributed by atoms with Crippen LogP contribution >= 0.6 is 0 Å². The maximum absolute atomic E-state index is 12.3. The van der Waals surface area contributed by atoms with Crippen molar-refractivity contribution in [3.8, 4) is 5.75 Å². The van der Waals surface area contributed by atoms with Gasteiger partial charge in [-0.1, -0.05) is 29.8 Å². The first kappa shape index (κ1) is 19.2. The number of benzene rings is 2. The molecule has 0 radical (unpaired) electrons. The lowest BCUT2D eigenvalue weighted by Gasteiger charge is -2.35. The van der Waals surface area contributed by atoms with Crippen LogP contribution < -0.4 is 9.08 Å². The zero-order valence-corrected chi connectivity index (χ0v) is 16.4. The Morgan fingerprint density at radius 1 is 1.04 bits per heavy atom. The van der Waals surface area contributed by atoms with Crippen molar-refractivity contribution in [2.45, 2.75) is 19.6 Å². The van der Waals surface area contributed by atoms with Gasteiger partial charge in [0.2, 0.25) is 5.91 Å². The number of aryl methyl sites for hydroxylation is 1. The highest BCUT2D eigenvalue weighted by Gasteiger charge is 2.19. The summed E-state index contributed by atoms with van der Waals surface area (Å²) >= 11 is 0. The molecule has 1 aliphatic rings. The lowest BCUT2D eigenvalue weighted by molar-refractivity contribution is -0.129. The fraction of sp³-hybridized carbons (Fsp3) is 0.350. The summed E-state index contributed by atoms with van der Waals surface area (Å²) in [5.41, 5.74) is 2.70. The summed E-state index contributed by atoms with van der Waals surface area (Å²) in [4.78, 5) is 15.4. The number of nitrogens with zero attached hydrogens (tertiary/aromatic N) is 2. The number of rotatable bonds is 5. The van der Waals surface area contributed by atoms with E-state index in [0.29, 0.717) is 24.4 Å². The van der Waals surface area contributed by atoms with Crippen LogP contribution in [0.25, 0.3) is 0 Å². The maximum atomic E-state index is 12.3. The van der Waals surface area contributed by atoms with Crippen molar-refractivity contribution in [1.29, 1.82) is 0 Å². The molecule has 144 valence electrons. The first-order valence-electron chi connectivity index (χ1n) is 8.91. The number of carbonyl (C=O) groups excluding carboxylic acids is 1. The predicted molar refractivity (Wildman–Crippen MR) is 105 cm³/mol. The highest BCUT2D eigenvalue weighted by Crippen LogP contribution is 2.22. The molecule has 3 rings (SSSR count). The standard InChI is InChI=1S/C20H24N2O4S/c1-16-4-3-5-18(14-16)15-27(24,25)26-20-8-6-19(7-9-20)22-12-10-21(11-13-22)17(2)23/h3-9,14H,10-13,15H2,1-2H3. The number of amides is 1. The minimum Gasteiger partial charge on any atom is -0.382 e. The van der Waals surface area contributed by atoms with Gasteiger partial charge in [-0.25, -0.2) is 0 Å². The van der Waals surface area contributed by atoms with Gasteiger partial charge in [0.15, 0.2) is 0 Å². The summed E-state index contributed by atoms with van der Waals surface area (Å²) in [6.45, 7) is 6.40. The zero-order valence-electron chi connectivity index (χ0n) is 15.6. The van der Waals surface area contributed by atoms with Gasteiger partial charge in [0.1, 0.15) is 11.5 Å². The lowest BCUT2D eigenvalue weighted by atomic mass is 10.2. The second-order valence-electron chi connectivity index (χ2n) is 6.76. The Hall–Kier alpha value is -2.54. The summed E-state index contributed by atoms with van der Waals surface area (Å²) in [5.74, 6) is 0.231. The molecule has 1 fully saturated rings. The van der Waals surface area contributed by atoms with Gasteiger partial charge in [-0.05, 0) is 36.8 Å². The first-order chi connectivity index (χ1) is 12.8. The van der Waals surface area contributed by atoms with Gasteiger partial charge in [-0.15, -0.1) is 0 Å². The Kier molecular flexibility index (Phi) is 5.70. The van der Waals surface area contributed by atoms with Crippen molar-refractivity contribution in [2.75, 3.05) is 31.1 Å². The molecule has 0 unspecified atom stereocenters. The van der Waals surface area contributed by atoms with Crippen LogP contribution in [0.2, 0.25) is 0 Å². The van der Waals surface area contributed by atoms with E-state index >= 15 is 0 Å². The van der Waals surface area contributed by atoms with Gasteiger partial charge < -0.3 is 14.0 Å². The molecule has 0 bridgehead atoms. The van der Waals surface area contributed by atoms with E-state index in [4.69, 9.17) is 4.18 Å². The third-order valence-corrected chi connectivity index (χ3v) is 5.71. The molecule has 0 N–H and O–H groups in total. The maximum Gasteiger partial charge on any atom is 0.313 e. The molecule has 0 saturated carbocycles. The van der Waals surface area contributed by atoms with Crippen molar-refractivity contribution in [1.82, 2.24) is 4.90 Å². The van der Waals surface area contributed by atoms with E-state index in [1.165, 1.54) is 0 Å². The minimum atomic E-state index is -3.72. The molecule has 6 nitrogen and oxygen atoms in total. The molecule has 1 amide bonds. The van der Waals surface area contributed by atoms with E-state index in [2.05, 4.69) is 4.90 Å². The minimum absolute atomic E-state index is 0.0946. The predicted octanol–water partition coefficient (Wildman–Crippen LogP) is 2.57. The van der Waals surface area contributed by atoms with Gasteiger partial charge in [-0.3, -0.25) is 4.79 Å². The summed E-state index contributed by atoms with van der Waals surface area (Å²) < 4.78 is 29.8. The average molecular weight is 388 g/mol. The molecule has 1 aliphatic heterocycles. The van der Waals surface area contributed by atoms with E-state index in [9.17, 15) is 13.2 Å². The highest BCUT2D eigenvalue weighted by atomic mass is 32.2. The smallest absolute Gasteiger partial charge is 0.313 e. The van der Waals surface area contributed by atoms with Gasteiger partial charge >= 0.3 is 10.1 Å². The normalized spacial score (nSPS) is 14.9.